The van der Waals surface area contributed by atoms with Gasteiger partial charge in [-0.3, -0.25) is 4.79 Å². The lowest BCUT2D eigenvalue weighted by Gasteiger charge is -2.39. The number of anilines is 1. The molecule has 1 aromatic carbocycles. The van der Waals surface area contributed by atoms with Crippen molar-refractivity contribution in [3.8, 4) is 5.75 Å². The first kappa shape index (κ1) is 28.4. The van der Waals surface area contributed by atoms with E-state index >= 15 is 0 Å². The Labute approximate surface area is 198 Å². The van der Waals surface area contributed by atoms with E-state index in [-0.39, 0.29) is 37.4 Å². The van der Waals surface area contributed by atoms with E-state index in [0.717, 1.165) is 42.6 Å². The molecule has 0 N–H and O–H groups in total. The summed E-state index contributed by atoms with van der Waals surface area (Å²) in [6.07, 6.45) is -8.74. The van der Waals surface area contributed by atoms with Crippen molar-refractivity contribution in [2.24, 2.45) is 5.92 Å². The van der Waals surface area contributed by atoms with Crippen molar-refractivity contribution >= 4 is 21.4 Å². The monoisotopic (exact) mass is 526 g/mol. The SMILES string of the molecule is C.CC(C)([C@@H]1CCN(c2ccc(C(F)(F)F)nc2)C(=O)C1)S(=O)(=O)c1cccc(OC(F)(F)F)c1. The highest BCUT2D eigenvalue weighted by Gasteiger charge is 2.46. The first-order valence-electron chi connectivity index (χ1n) is 9.96. The Bertz CT molecular complexity index is 1160. The number of pyridine rings is 1. The van der Waals surface area contributed by atoms with Gasteiger partial charge >= 0.3 is 12.5 Å². The van der Waals surface area contributed by atoms with E-state index in [1.165, 1.54) is 18.7 Å². The molecule has 35 heavy (non-hydrogen) atoms. The zero-order valence-electron chi connectivity index (χ0n) is 17.9. The fraction of sp³-hybridized carbons (Fsp3) is 0.455. The summed E-state index contributed by atoms with van der Waals surface area (Å²) in [5.41, 5.74) is -0.961. The molecule has 1 saturated heterocycles. The molecule has 3 rings (SSSR count). The minimum Gasteiger partial charge on any atom is -0.406 e. The van der Waals surface area contributed by atoms with E-state index in [9.17, 15) is 39.6 Å². The third-order valence-electron chi connectivity index (χ3n) is 5.80. The molecule has 6 nitrogen and oxygen atoms in total. The number of hydrogen-bond donors (Lipinski definition) is 0. The van der Waals surface area contributed by atoms with Crippen molar-refractivity contribution in [3.63, 3.8) is 0 Å². The van der Waals surface area contributed by atoms with Crippen LogP contribution in [0.15, 0.2) is 47.5 Å². The molecule has 194 valence electrons. The van der Waals surface area contributed by atoms with Gasteiger partial charge in [0.15, 0.2) is 9.84 Å². The van der Waals surface area contributed by atoms with Crippen molar-refractivity contribution < 1.29 is 44.3 Å². The second kappa shape index (κ2) is 9.67. The average molecular weight is 526 g/mol. The Morgan fingerprint density at radius 3 is 2.23 bits per heavy atom. The molecular weight excluding hydrogens is 502 g/mol. The fourth-order valence-electron chi connectivity index (χ4n) is 3.77. The highest BCUT2D eigenvalue weighted by atomic mass is 32.2. The van der Waals surface area contributed by atoms with Gasteiger partial charge in [-0.05, 0) is 56.5 Å². The zero-order chi connectivity index (χ0) is 25.5. The van der Waals surface area contributed by atoms with E-state index in [1.807, 2.05) is 0 Å². The van der Waals surface area contributed by atoms with Gasteiger partial charge in [-0.15, -0.1) is 13.2 Å². The second-order valence-corrected chi connectivity index (χ2v) is 10.8. The van der Waals surface area contributed by atoms with Crippen LogP contribution in [0.3, 0.4) is 0 Å². The van der Waals surface area contributed by atoms with Crippen LogP contribution < -0.4 is 9.64 Å². The first-order chi connectivity index (χ1) is 15.5. The van der Waals surface area contributed by atoms with E-state index in [4.69, 9.17) is 0 Å². The fourth-order valence-corrected chi connectivity index (χ4v) is 5.55. The van der Waals surface area contributed by atoms with Crippen LogP contribution in [0.4, 0.5) is 32.0 Å². The van der Waals surface area contributed by atoms with Crippen molar-refractivity contribution in [3.05, 3.63) is 48.3 Å². The zero-order valence-corrected chi connectivity index (χ0v) is 18.8. The predicted molar refractivity (Wildman–Crippen MR) is 115 cm³/mol. The minimum absolute atomic E-state index is 0. The number of benzene rings is 1. The highest BCUT2D eigenvalue weighted by Crippen LogP contribution is 2.40. The molecule has 1 amide bonds. The number of carbonyl (C=O) groups excluding carboxylic acids is 1. The molecule has 0 radical (unpaired) electrons. The molecule has 13 heteroatoms. The van der Waals surface area contributed by atoms with Gasteiger partial charge in [-0.1, -0.05) is 13.5 Å². The van der Waals surface area contributed by atoms with E-state index in [1.54, 1.807) is 0 Å². The Kier molecular flexibility index (Phi) is 7.85. The molecule has 1 fully saturated rings. The molecular formula is C22H24F6N2O4S. The number of rotatable bonds is 5. The van der Waals surface area contributed by atoms with Gasteiger partial charge in [0.05, 0.1) is 21.5 Å². The van der Waals surface area contributed by atoms with Gasteiger partial charge in [0.1, 0.15) is 11.4 Å². The van der Waals surface area contributed by atoms with Crippen molar-refractivity contribution in [1.29, 1.82) is 0 Å². The number of halogens is 6. The number of alkyl halides is 6. The van der Waals surface area contributed by atoms with Gasteiger partial charge < -0.3 is 9.64 Å². The van der Waals surface area contributed by atoms with Crippen LogP contribution >= 0.6 is 0 Å². The lowest BCUT2D eigenvalue weighted by Crippen LogP contribution is -2.48. The molecule has 1 aliphatic heterocycles. The summed E-state index contributed by atoms with van der Waals surface area (Å²) in [5, 5.41) is 0. The molecule has 2 heterocycles. The summed E-state index contributed by atoms with van der Waals surface area (Å²) in [6.45, 7) is 2.80. The summed E-state index contributed by atoms with van der Waals surface area (Å²) in [6, 6.07) is 5.87. The molecule has 1 atom stereocenters. The van der Waals surface area contributed by atoms with Gasteiger partial charge in [0.2, 0.25) is 5.91 Å². The molecule has 0 spiro atoms. The quantitative estimate of drug-likeness (QED) is 0.472. The molecule has 0 bridgehead atoms. The smallest absolute Gasteiger partial charge is 0.406 e. The Morgan fingerprint density at radius 2 is 1.71 bits per heavy atom. The summed E-state index contributed by atoms with van der Waals surface area (Å²) in [7, 11) is -4.20. The standard InChI is InChI=1S/C21H20F6N2O4S.CH4/c1-19(2,34(31,32)16-5-3-4-15(11-16)33-21(25,26)27)13-8-9-29(18(30)10-13)14-6-7-17(28-12-14)20(22,23)24;/h3-7,11-13H,8-10H2,1-2H3;1H4/t13-;/m1./s1. The summed E-state index contributed by atoms with van der Waals surface area (Å²) >= 11 is 0. The van der Waals surface area contributed by atoms with Crippen LogP contribution in [0.25, 0.3) is 0 Å². The Hall–Kier alpha value is -2.83. The normalized spacial score (nSPS) is 17.7. The Morgan fingerprint density at radius 1 is 1.06 bits per heavy atom. The number of hydrogen-bond acceptors (Lipinski definition) is 5. The highest BCUT2D eigenvalue weighted by molar-refractivity contribution is 7.92. The number of aromatic nitrogens is 1. The van der Waals surface area contributed by atoms with Crippen LogP contribution in [0.5, 0.6) is 5.75 Å². The summed E-state index contributed by atoms with van der Waals surface area (Å²) in [5.74, 6) is -1.89. The predicted octanol–water partition coefficient (Wildman–Crippen LogP) is 5.63. The second-order valence-electron chi connectivity index (χ2n) is 8.26. The largest absolute Gasteiger partial charge is 0.573 e. The third-order valence-corrected chi connectivity index (χ3v) is 8.39. The van der Waals surface area contributed by atoms with Gasteiger partial charge in [-0.25, -0.2) is 13.4 Å². The number of piperidine rings is 1. The van der Waals surface area contributed by atoms with Gasteiger partial charge in [0.25, 0.3) is 0 Å². The first-order valence-corrected chi connectivity index (χ1v) is 11.4. The molecule has 1 aromatic heterocycles. The maximum atomic E-state index is 13.3. The number of sulfone groups is 1. The third kappa shape index (κ3) is 6.06. The van der Waals surface area contributed by atoms with Crippen LogP contribution in [0, 0.1) is 5.92 Å². The maximum Gasteiger partial charge on any atom is 0.573 e. The number of nitrogens with zero attached hydrogens (tertiary/aromatic N) is 2. The number of amides is 1. The van der Waals surface area contributed by atoms with Crippen molar-refractivity contribution in [2.45, 2.75) is 56.3 Å². The summed E-state index contributed by atoms with van der Waals surface area (Å²) in [4.78, 5) is 16.9. The number of ether oxygens (including phenoxy) is 1. The van der Waals surface area contributed by atoms with Gasteiger partial charge in [-0.2, -0.15) is 13.2 Å². The average Bonchev–Trinajstić information content (AvgIpc) is 2.72. The van der Waals surface area contributed by atoms with E-state index in [2.05, 4.69) is 9.72 Å². The van der Waals surface area contributed by atoms with Crippen LogP contribution in [0.2, 0.25) is 0 Å². The summed E-state index contributed by atoms with van der Waals surface area (Å²) < 4.78 is 105. The Balaban J connectivity index is 0.00000432. The minimum atomic E-state index is -5.00. The lowest BCUT2D eigenvalue weighted by molar-refractivity contribution is -0.274. The van der Waals surface area contributed by atoms with E-state index < -0.39 is 50.4 Å². The molecule has 0 saturated carbocycles. The van der Waals surface area contributed by atoms with E-state index in [0.29, 0.717) is 0 Å². The van der Waals surface area contributed by atoms with Crippen LogP contribution in [-0.2, 0) is 20.8 Å². The van der Waals surface area contributed by atoms with Crippen LogP contribution in [0.1, 0.15) is 39.8 Å². The molecule has 1 aliphatic rings. The molecule has 0 unspecified atom stereocenters. The van der Waals surface area contributed by atoms with Gasteiger partial charge in [0, 0.05) is 13.0 Å². The maximum absolute atomic E-state index is 13.3. The molecule has 2 aromatic rings. The number of carbonyl (C=O) groups is 1. The van der Waals surface area contributed by atoms with Crippen LogP contribution in [-0.4, -0.2) is 37.0 Å². The topological polar surface area (TPSA) is 76.6 Å². The van der Waals surface area contributed by atoms with Crippen molar-refractivity contribution in [1.82, 2.24) is 4.98 Å². The van der Waals surface area contributed by atoms with Crippen molar-refractivity contribution in [2.75, 3.05) is 11.4 Å². The lowest BCUT2D eigenvalue weighted by atomic mass is 9.85. The molecule has 0 aliphatic carbocycles.